The summed E-state index contributed by atoms with van der Waals surface area (Å²) >= 11 is 5.65. The Labute approximate surface area is 85.1 Å². The van der Waals surface area contributed by atoms with Gasteiger partial charge in [0.1, 0.15) is 17.4 Å². The number of nitrogen functional groups attached to an aromatic ring is 2. The third-order valence-corrected chi connectivity index (χ3v) is 2.11. The van der Waals surface area contributed by atoms with Gasteiger partial charge in [0.25, 0.3) is 0 Å². The average molecular weight is 210 g/mol. The lowest BCUT2D eigenvalue weighted by Gasteiger charge is -2.04. The normalized spacial score (nSPS) is 10.6. The number of fused-ring (bicyclic) bond motifs is 1. The van der Waals surface area contributed by atoms with Crippen LogP contribution in [-0.2, 0) is 5.88 Å². The number of aromatic nitrogens is 3. The Morgan fingerprint density at radius 3 is 2.71 bits per heavy atom. The second-order valence-electron chi connectivity index (χ2n) is 2.79. The predicted octanol–water partition coefficient (Wildman–Crippen LogP) is 0.928. The summed E-state index contributed by atoms with van der Waals surface area (Å²) in [4.78, 5) is 12.0. The van der Waals surface area contributed by atoms with Crippen LogP contribution in [0.5, 0.6) is 0 Å². The van der Waals surface area contributed by atoms with Crippen LogP contribution < -0.4 is 11.5 Å². The fourth-order valence-corrected chi connectivity index (χ4v) is 1.34. The van der Waals surface area contributed by atoms with Crippen LogP contribution in [0.4, 0.5) is 11.5 Å². The van der Waals surface area contributed by atoms with Crippen LogP contribution in [-0.4, -0.2) is 15.0 Å². The van der Waals surface area contributed by atoms with Crippen molar-refractivity contribution in [3.63, 3.8) is 0 Å². The quantitative estimate of drug-likeness (QED) is 0.682. The van der Waals surface area contributed by atoms with E-state index < -0.39 is 0 Å². The molecule has 0 aliphatic rings. The summed E-state index contributed by atoms with van der Waals surface area (Å²) in [6, 6.07) is 1.68. The largest absolute Gasteiger partial charge is 0.397 e. The van der Waals surface area contributed by atoms with Crippen LogP contribution in [0.2, 0.25) is 0 Å². The van der Waals surface area contributed by atoms with Crippen molar-refractivity contribution >= 4 is 34.1 Å². The third kappa shape index (κ3) is 1.31. The van der Waals surface area contributed by atoms with Crippen molar-refractivity contribution in [2.45, 2.75) is 5.88 Å². The topological polar surface area (TPSA) is 90.7 Å². The minimum Gasteiger partial charge on any atom is -0.397 e. The summed E-state index contributed by atoms with van der Waals surface area (Å²) in [7, 11) is 0. The number of alkyl halides is 1. The van der Waals surface area contributed by atoms with Crippen molar-refractivity contribution in [1.82, 2.24) is 15.0 Å². The Balaban J connectivity index is 2.83. The molecule has 0 spiro atoms. The number of rotatable bonds is 1. The predicted molar refractivity (Wildman–Crippen MR) is 55.7 cm³/mol. The van der Waals surface area contributed by atoms with Gasteiger partial charge in [-0.1, -0.05) is 0 Å². The maximum atomic E-state index is 5.76. The van der Waals surface area contributed by atoms with Crippen molar-refractivity contribution in [1.29, 1.82) is 0 Å². The fourth-order valence-electron chi connectivity index (χ4n) is 1.21. The Morgan fingerprint density at radius 2 is 2.00 bits per heavy atom. The van der Waals surface area contributed by atoms with Crippen molar-refractivity contribution < 1.29 is 0 Å². The SMILES string of the molecule is Nc1cc(CCl)nc2c(N)ncnc12. The third-order valence-electron chi connectivity index (χ3n) is 1.84. The van der Waals surface area contributed by atoms with Gasteiger partial charge in [0.15, 0.2) is 5.82 Å². The number of hydrogen-bond acceptors (Lipinski definition) is 5. The van der Waals surface area contributed by atoms with Gasteiger partial charge in [0, 0.05) is 0 Å². The Bertz CT molecular complexity index is 484. The monoisotopic (exact) mass is 209 g/mol. The van der Waals surface area contributed by atoms with Gasteiger partial charge in [-0.15, -0.1) is 11.6 Å². The summed E-state index contributed by atoms with van der Waals surface area (Å²) in [5.74, 6) is 0.600. The van der Waals surface area contributed by atoms with Crippen molar-refractivity contribution in [2.24, 2.45) is 0 Å². The highest BCUT2D eigenvalue weighted by atomic mass is 35.5. The van der Waals surface area contributed by atoms with Gasteiger partial charge >= 0.3 is 0 Å². The van der Waals surface area contributed by atoms with Crippen LogP contribution in [0.1, 0.15) is 5.69 Å². The van der Waals surface area contributed by atoms with E-state index in [1.165, 1.54) is 6.33 Å². The van der Waals surface area contributed by atoms with E-state index in [-0.39, 0.29) is 5.88 Å². The average Bonchev–Trinajstić information content (AvgIpc) is 2.19. The Kier molecular flexibility index (Phi) is 2.09. The smallest absolute Gasteiger partial charge is 0.153 e. The molecule has 0 aliphatic heterocycles. The second-order valence-corrected chi connectivity index (χ2v) is 3.06. The Hall–Kier alpha value is -1.62. The summed E-state index contributed by atoms with van der Waals surface area (Å²) in [5, 5.41) is 0. The number of pyridine rings is 1. The molecule has 2 aromatic heterocycles. The lowest BCUT2D eigenvalue weighted by atomic mass is 10.2. The molecule has 0 amide bonds. The van der Waals surface area contributed by atoms with Crippen molar-refractivity contribution in [3.8, 4) is 0 Å². The van der Waals surface area contributed by atoms with E-state index in [1.54, 1.807) is 6.07 Å². The van der Waals surface area contributed by atoms with Crippen LogP contribution in [0, 0.1) is 0 Å². The van der Waals surface area contributed by atoms with Crippen LogP contribution in [0.3, 0.4) is 0 Å². The lowest BCUT2D eigenvalue weighted by molar-refractivity contribution is 1.16. The first-order chi connectivity index (χ1) is 6.72. The first kappa shape index (κ1) is 8.96. The fraction of sp³-hybridized carbons (Fsp3) is 0.125. The molecule has 0 aliphatic carbocycles. The molecule has 0 aromatic carbocycles. The molecule has 0 radical (unpaired) electrons. The lowest BCUT2D eigenvalue weighted by Crippen LogP contribution is -2.00. The molecule has 4 N–H and O–H groups in total. The minimum absolute atomic E-state index is 0.286. The van der Waals surface area contributed by atoms with E-state index in [0.717, 1.165) is 0 Å². The van der Waals surface area contributed by atoms with Crippen molar-refractivity contribution in [3.05, 3.63) is 18.1 Å². The van der Waals surface area contributed by atoms with Crippen LogP contribution >= 0.6 is 11.6 Å². The molecular formula is C8H8ClN5. The number of nitrogens with zero attached hydrogens (tertiary/aromatic N) is 3. The van der Waals surface area contributed by atoms with Crippen molar-refractivity contribution in [2.75, 3.05) is 11.5 Å². The highest BCUT2D eigenvalue weighted by Gasteiger charge is 2.07. The van der Waals surface area contributed by atoms with Gasteiger partial charge in [-0.3, -0.25) is 0 Å². The first-order valence-electron chi connectivity index (χ1n) is 3.94. The highest BCUT2D eigenvalue weighted by molar-refractivity contribution is 6.17. The van der Waals surface area contributed by atoms with E-state index in [2.05, 4.69) is 15.0 Å². The van der Waals surface area contributed by atoms with Crippen LogP contribution in [0.15, 0.2) is 12.4 Å². The number of anilines is 2. The highest BCUT2D eigenvalue weighted by Crippen LogP contribution is 2.21. The zero-order valence-corrected chi connectivity index (χ0v) is 7.99. The van der Waals surface area contributed by atoms with E-state index >= 15 is 0 Å². The molecule has 5 nitrogen and oxygen atoms in total. The van der Waals surface area contributed by atoms with Gasteiger partial charge in [-0.25, -0.2) is 15.0 Å². The van der Waals surface area contributed by atoms with E-state index in [0.29, 0.717) is 28.2 Å². The van der Waals surface area contributed by atoms with E-state index in [9.17, 15) is 0 Å². The summed E-state index contributed by atoms with van der Waals surface area (Å²) in [6.07, 6.45) is 1.36. The molecule has 2 heterocycles. The van der Waals surface area contributed by atoms with Crippen LogP contribution in [0.25, 0.3) is 11.0 Å². The zero-order valence-electron chi connectivity index (χ0n) is 7.24. The molecular weight excluding hydrogens is 202 g/mol. The molecule has 14 heavy (non-hydrogen) atoms. The minimum atomic E-state index is 0.286. The second kappa shape index (κ2) is 3.26. The maximum absolute atomic E-state index is 5.76. The number of nitrogens with two attached hydrogens (primary N) is 2. The van der Waals surface area contributed by atoms with Gasteiger partial charge in [-0.05, 0) is 6.07 Å². The zero-order chi connectivity index (χ0) is 10.1. The molecule has 0 atom stereocenters. The Morgan fingerprint density at radius 1 is 1.21 bits per heavy atom. The van der Waals surface area contributed by atoms with Gasteiger partial charge in [0.2, 0.25) is 0 Å². The first-order valence-corrected chi connectivity index (χ1v) is 4.47. The number of halogens is 1. The molecule has 0 saturated carbocycles. The summed E-state index contributed by atoms with van der Waals surface area (Å²) in [5.41, 5.74) is 13.6. The standard InChI is InChI=1S/C8H8ClN5/c9-2-4-1-5(10)6-7(14-4)8(11)13-3-12-6/h1,3H,2H2,(H2,10,14)(H2,11,12,13). The molecule has 2 aromatic rings. The summed E-state index contributed by atoms with van der Waals surface area (Å²) < 4.78 is 0. The molecule has 0 bridgehead atoms. The maximum Gasteiger partial charge on any atom is 0.153 e. The van der Waals surface area contributed by atoms with E-state index in [1.807, 2.05) is 0 Å². The molecule has 72 valence electrons. The molecule has 0 fully saturated rings. The number of hydrogen-bond donors (Lipinski definition) is 2. The van der Waals surface area contributed by atoms with Gasteiger partial charge in [0.05, 0.1) is 17.3 Å². The molecule has 0 unspecified atom stereocenters. The molecule has 0 saturated heterocycles. The molecule has 2 rings (SSSR count). The van der Waals surface area contributed by atoms with E-state index in [4.69, 9.17) is 23.1 Å². The van der Waals surface area contributed by atoms with Gasteiger partial charge in [-0.2, -0.15) is 0 Å². The summed E-state index contributed by atoms with van der Waals surface area (Å²) in [6.45, 7) is 0. The van der Waals surface area contributed by atoms with Gasteiger partial charge < -0.3 is 11.5 Å². The molecule has 6 heteroatoms.